The number of hydrogen-bond acceptors (Lipinski definition) is 9. The van der Waals surface area contributed by atoms with E-state index in [0.29, 0.717) is 19.3 Å². The minimum absolute atomic E-state index is 0.0800. The smallest absolute Gasteiger partial charge is 0.259 e. The number of anilines is 1. The van der Waals surface area contributed by atoms with Gasteiger partial charge in [0.1, 0.15) is 30.0 Å². The number of amides is 1. The molecule has 1 saturated heterocycles. The molecule has 2 heterocycles. The molecule has 11 nitrogen and oxygen atoms in total. The Kier molecular flexibility index (Phi) is 9.29. The molecular weight excluding hydrogens is 611 g/mol. The maximum atomic E-state index is 14.4. The van der Waals surface area contributed by atoms with Gasteiger partial charge in [-0.25, -0.2) is 13.5 Å². The number of aliphatic hydroxyl groups is 3. The SMILES string of the molecule is CO[C@@H]1[C@@H](n2cc(-c3cc(F)c(F)c(Cl)c3)nn2)[C@@H](O)[C@@H](CO)O[C@H]1C(=O)N(c1cc(Cl)cc(C#N)c1)[C@H]1CCC[C@@H]1O. The van der Waals surface area contributed by atoms with Gasteiger partial charge in [0.05, 0.1) is 41.6 Å². The van der Waals surface area contributed by atoms with Gasteiger partial charge in [-0.1, -0.05) is 28.4 Å². The van der Waals surface area contributed by atoms with Crippen molar-refractivity contribution in [1.29, 1.82) is 5.26 Å². The van der Waals surface area contributed by atoms with Crippen molar-refractivity contribution in [2.45, 2.75) is 61.9 Å². The molecule has 3 N–H and O–H groups in total. The lowest BCUT2D eigenvalue weighted by molar-refractivity contribution is -0.211. The molecule has 0 bridgehead atoms. The highest BCUT2D eigenvalue weighted by molar-refractivity contribution is 6.31. The molecule has 2 fully saturated rings. The van der Waals surface area contributed by atoms with Gasteiger partial charge in [0.2, 0.25) is 0 Å². The van der Waals surface area contributed by atoms with Crippen molar-refractivity contribution < 1.29 is 38.4 Å². The van der Waals surface area contributed by atoms with Crippen LogP contribution in [0.25, 0.3) is 11.3 Å². The first-order chi connectivity index (χ1) is 20.6. The highest BCUT2D eigenvalue weighted by Crippen LogP contribution is 2.37. The van der Waals surface area contributed by atoms with Crippen molar-refractivity contribution in [1.82, 2.24) is 15.0 Å². The number of halogens is 4. The number of rotatable bonds is 7. The van der Waals surface area contributed by atoms with E-state index >= 15 is 0 Å². The summed E-state index contributed by atoms with van der Waals surface area (Å²) in [5.41, 5.74) is 0.624. The third kappa shape index (κ3) is 5.97. The van der Waals surface area contributed by atoms with E-state index in [1.165, 1.54) is 41.1 Å². The van der Waals surface area contributed by atoms with Crippen molar-refractivity contribution >= 4 is 34.8 Å². The van der Waals surface area contributed by atoms with Gasteiger partial charge >= 0.3 is 0 Å². The zero-order valence-corrected chi connectivity index (χ0v) is 24.2. The van der Waals surface area contributed by atoms with Gasteiger partial charge in [0, 0.05) is 23.4 Å². The summed E-state index contributed by atoms with van der Waals surface area (Å²) in [5.74, 6) is -3.09. The Morgan fingerprint density at radius 2 is 2.00 bits per heavy atom. The van der Waals surface area contributed by atoms with E-state index in [1.807, 2.05) is 6.07 Å². The number of ether oxygens (including phenoxy) is 2. The average molecular weight is 638 g/mol. The maximum absolute atomic E-state index is 14.4. The van der Waals surface area contributed by atoms with Crippen LogP contribution in [0.5, 0.6) is 0 Å². The van der Waals surface area contributed by atoms with Gasteiger partial charge in [-0.2, -0.15) is 5.26 Å². The fourth-order valence-corrected chi connectivity index (χ4v) is 6.17. The molecule has 1 aromatic heterocycles. The quantitative estimate of drug-likeness (QED) is 0.332. The fraction of sp³-hybridized carbons (Fsp3) is 0.429. The second kappa shape index (κ2) is 12.8. The molecule has 2 aromatic carbocycles. The van der Waals surface area contributed by atoms with Crippen molar-refractivity contribution in [3.8, 4) is 17.3 Å². The summed E-state index contributed by atoms with van der Waals surface area (Å²) < 4.78 is 40.6. The molecule has 0 unspecified atom stereocenters. The molecule has 1 aliphatic heterocycles. The van der Waals surface area contributed by atoms with E-state index in [-0.39, 0.29) is 27.5 Å². The molecule has 5 rings (SSSR count). The van der Waals surface area contributed by atoms with Crippen LogP contribution in [-0.4, -0.2) is 86.5 Å². The zero-order chi connectivity index (χ0) is 31.0. The van der Waals surface area contributed by atoms with Gasteiger partial charge in [-0.15, -0.1) is 5.10 Å². The molecule has 3 aromatic rings. The van der Waals surface area contributed by atoms with Crippen molar-refractivity contribution in [2.24, 2.45) is 0 Å². The molecule has 1 aliphatic carbocycles. The number of carbonyl (C=O) groups excluding carboxylic acids is 1. The van der Waals surface area contributed by atoms with E-state index in [1.54, 1.807) is 0 Å². The Labute approximate surface area is 254 Å². The molecule has 43 heavy (non-hydrogen) atoms. The average Bonchev–Trinajstić information content (AvgIpc) is 3.64. The Bertz CT molecular complexity index is 1530. The highest BCUT2D eigenvalue weighted by Gasteiger charge is 2.52. The minimum atomic E-state index is -1.45. The number of aliphatic hydroxyl groups excluding tert-OH is 3. The molecule has 0 radical (unpaired) electrons. The summed E-state index contributed by atoms with van der Waals surface area (Å²) in [6.07, 6.45) is -3.42. The van der Waals surface area contributed by atoms with Crippen LogP contribution in [-0.2, 0) is 14.3 Å². The third-order valence-corrected chi connectivity index (χ3v) is 8.27. The first-order valence-corrected chi connectivity index (χ1v) is 14.1. The van der Waals surface area contributed by atoms with Crippen LogP contribution in [0.2, 0.25) is 10.0 Å². The lowest BCUT2D eigenvalue weighted by atomic mass is 9.91. The summed E-state index contributed by atoms with van der Waals surface area (Å²) in [6, 6.07) is 6.60. The molecule has 1 saturated carbocycles. The number of nitriles is 1. The van der Waals surface area contributed by atoms with Crippen LogP contribution in [0, 0.1) is 23.0 Å². The van der Waals surface area contributed by atoms with Crippen molar-refractivity contribution in [3.05, 3.63) is 63.8 Å². The number of methoxy groups -OCH3 is 1. The lowest BCUT2D eigenvalue weighted by Crippen LogP contribution is -2.62. The summed E-state index contributed by atoms with van der Waals surface area (Å²) in [4.78, 5) is 15.7. The summed E-state index contributed by atoms with van der Waals surface area (Å²) in [5, 5.41) is 49.4. The van der Waals surface area contributed by atoms with Crippen molar-refractivity contribution in [2.75, 3.05) is 18.6 Å². The molecular formula is C28H27Cl2F2N5O6. The van der Waals surface area contributed by atoms with E-state index in [0.717, 1.165) is 12.1 Å². The fourth-order valence-electron chi connectivity index (χ4n) is 5.74. The van der Waals surface area contributed by atoms with E-state index < -0.39 is 71.8 Å². The first-order valence-electron chi connectivity index (χ1n) is 13.3. The van der Waals surface area contributed by atoms with Gasteiger partial charge in [-0.05, 0) is 49.6 Å². The molecule has 15 heteroatoms. The predicted molar refractivity (Wildman–Crippen MR) is 149 cm³/mol. The number of hydrogen-bond donors (Lipinski definition) is 3. The number of carbonyl (C=O) groups is 1. The van der Waals surface area contributed by atoms with Crippen LogP contribution >= 0.6 is 23.2 Å². The number of benzene rings is 2. The van der Waals surface area contributed by atoms with Crippen LogP contribution in [0.15, 0.2) is 36.5 Å². The van der Waals surface area contributed by atoms with Gasteiger partial charge in [-0.3, -0.25) is 4.79 Å². The molecule has 7 atom stereocenters. The number of nitrogens with zero attached hydrogens (tertiary/aromatic N) is 5. The zero-order valence-electron chi connectivity index (χ0n) is 22.6. The highest BCUT2D eigenvalue weighted by atomic mass is 35.5. The van der Waals surface area contributed by atoms with Gasteiger partial charge in [0.15, 0.2) is 17.7 Å². The second-order valence-corrected chi connectivity index (χ2v) is 11.2. The summed E-state index contributed by atoms with van der Waals surface area (Å²) >= 11 is 12.1. The van der Waals surface area contributed by atoms with E-state index in [4.69, 9.17) is 32.7 Å². The van der Waals surface area contributed by atoms with Crippen LogP contribution < -0.4 is 4.90 Å². The first kappa shape index (κ1) is 31.2. The second-order valence-electron chi connectivity index (χ2n) is 10.4. The maximum Gasteiger partial charge on any atom is 0.259 e. The summed E-state index contributed by atoms with van der Waals surface area (Å²) in [7, 11) is 1.29. The van der Waals surface area contributed by atoms with E-state index in [2.05, 4.69) is 10.3 Å². The largest absolute Gasteiger partial charge is 0.394 e. The predicted octanol–water partition coefficient (Wildman–Crippen LogP) is 3.03. The Balaban J connectivity index is 1.55. The van der Waals surface area contributed by atoms with E-state index in [9.17, 15) is 34.2 Å². The molecule has 0 spiro atoms. The monoisotopic (exact) mass is 637 g/mol. The molecule has 228 valence electrons. The lowest BCUT2D eigenvalue weighted by Gasteiger charge is -2.45. The Morgan fingerprint density at radius 3 is 2.63 bits per heavy atom. The van der Waals surface area contributed by atoms with Crippen LogP contribution in [0.4, 0.5) is 14.5 Å². The molecule has 2 aliphatic rings. The normalized spacial score (nSPS) is 27.2. The third-order valence-electron chi connectivity index (χ3n) is 7.78. The van der Waals surface area contributed by atoms with Crippen LogP contribution in [0.3, 0.4) is 0 Å². The molecule has 1 amide bonds. The topological polar surface area (TPSA) is 154 Å². The van der Waals surface area contributed by atoms with Crippen LogP contribution in [0.1, 0.15) is 30.9 Å². The Morgan fingerprint density at radius 1 is 1.23 bits per heavy atom. The Hall–Kier alpha value is -3.22. The van der Waals surface area contributed by atoms with Gasteiger partial charge < -0.3 is 29.7 Å². The van der Waals surface area contributed by atoms with Crippen molar-refractivity contribution in [3.63, 3.8) is 0 Å². The van der Waals surface area contributed by atoms with Gasteiger partial charge in [0.25, 0.3) is 5.91 Å². The summed E-state index contributed by atoms with van der Waals surface area (Å²) in [6.45, 7) is -0.681. The number of aromatic nitrogens is 3. The standard InChI is InChI=1S/C28H27Cl2F2N5O6/c1-42-26-24(36-11-19(34-35-36)14-7-17(30)23(32)18(31)8-14)25(40)22(12-38)43-27(26)28(41)37(20-3-2-4-21(20)39)16-6-13(10-33)5-15(29)9-16/h5-9,11,20-22,24-27,38-40H,2-4,12H2,1H3/t20-,21-,22+,24-,25-,26+,27+/m0/s1. The minimum Gasteiger partial charge on any atom is -0.394 e.